The number of hydrogen-bond donors (Lipinski definition) is 1. The van der Waals surface area contributed by atoms with Gasteiger partial charge in [0.15, 0.2) is 0 Å². The Balaban J connectivity index is 3.57. The van der Waals surface area contributed by atoms with Gasteiger partial charge in [-0.2, -0.15) is 8.42 Å². The zero-order valence-electron chi connectivity index (χ0n) is 7.20. The Hall–Kier alpha value is -0.580. The molecule has 1 N–H and O–H groups in total. The first-order valence-electron chi connectivity index (χ1n) is 3.56. The van der Waals surface area contributed by atoms with Gasteiger partial charge in [0.1, 0.15) is 4.90 Å². The summed E-state index contributed by atoms with van der Waals surface area (Å²) >= 11 is 5.68. The van der Waals surface area contributed by atoms with E-state index in [0.29, 0.717) is 5.56 Å². The molecule has 0 amide bonds. The van der Waals surface area contributed by atoms with E-state index in [1.165, 1.54) is 6.07 Å². The minimum absolute atomic E-state index is 0.0556. The molecule has 5 heteroatoms. The number of benzene rings is 1. The summed E-state index contributed by atoms with van der Waals surface area (Å²) in [5, 5.41) is 0.0556. The highest BCUT2D eigenvalue weighted by molar-refractivity contribution is 7.86. The molecule has 0 atom stereocenters. The molecule has 1 aromatic carbocycles. The van der Waals surface area contributed by atoms with E-state index in [2.05, 4.69) is 0 Å². The maximum Gasteiger partial charge on any atom is 0.296 e. The Morgan fingerprint density at radius 2 is 1.85 bits per heavy atom. The van der Waals surface area contributed by atoms with E-state index in [1.807, 2.05) is 0 Å². The van der Waals surface area contributed by atoms with Crippen LogP contribution in [-0.2, 0) is 10.1 Å². The van der Waals surface area contributed by atoms with Gasteiger partial charge >= 0.3 is 0 Å². The fourth-order valence-corrected chi connectivity index (χ4v) is 2.61. The third-order valence-electron chi connectivity index (χ3n) is 1.63. The summed E-state index contributed by atoms with van der Waals surface area (Å²) in [6.45, 7) is 3.38. The molecule has 0 saturated carbocycles. The summed E-state index contributed by atoms with van der Waals surface area (Å²) in [6, 6.07) is 3.15. The maximum atomic E-state index is 10.9. The quantitative estimate of drug-likeness (QED) is 0.739. The topological polar surface area (TPSA) is 54.4 Å². The highest BCUT2D eigenvalue weighted by Crippen LogP contribution is 2.25. The van der Waals surface area contributed by atoms with Crippen molar-refractivity contribution in [3.05, 3.63) is 28.3 Å². The first kappa shape index (κ1) is 10.5. The highest BCUT2D eigenvalue weighted by Gasteiger charge is 2.17. The highest BCUT2D eigenvalue weighted by atomic mass is 35.5. The minimum atomic E-state index is -4.21. The van der Waals surface area contributed by atoms with Crippen molar-refractivity contribution in [2.24, 2.45) is 0 Å². The molecule has 0 aliphatic heterocycles. The van der Waals surface area contributed by atoms with Crippen LogP contribution in [0.4, 0.5) is 0 Å². The van der Waals surface area contributed by atoms with E-state index in [-0.39, 0.29) is 9.92 Å². The van der Waals surface area contributed by atoms with Gasteiger partial charge in [-0.3, -0.25) is 4.55 Å². The number of hydrogen-bond acceptors (Lipinski definition) is 2. The van der Waals surface area contributed by atoms with Crippen LogP contribution in [-0.4, -0.2) is 13.0 Å². The molecule has 0 aromatic heterocycles. The summed E-state index contributed by atoms with van der Waals surface area (Å²) in [6.07, 6.45) is 0. The second-order valence-corrected chi connectivity index (χ2v) is 4.63. The van der Waals surface area contributed by atoms with Crippen molar-refractivity contribution >= 4 is 21.7 Å². The normalized spacial score (nSPS) is 11.7. The van der Waals surface area contributed by atoms with Crippen molar-refractivity contribution in [3.8, 4) is 0 Å². The second kappa shape index (κ2) is 3.29. The molecule has 72 valence electrons. The van der Waals surface area contributed by atoms with Gasteiger partial charge in [-0.25, -0.2) is 0 Å². The molecule has 13 heavy (non-hydrogen) atoms. The van der Waals surface area contributed by atoms with Crippen LogP contribution in [0.2, 0.25) is 5.02 Å². The fourth-order valence-electron chi connectivity index (χ4n) is 1.23. The van der Waals surface area contributed by atoms with Crippen LogP contribution in [0, 0.1) is 13.8 Å². The third-order valence-corrected chi connectivity index (χ3v) is 3.10. The third kappa shape index (κ3) is 2.21. The summed E-state index contributed by atoms with van der Waals surface area (Å²) < 4.78 is 30.5. The lowest BCUT2D eigenvalue weighted by Crippen LogP contribution is -2.02. The van der Waals surface area contributed by atoms with Crippen LogP contribution in [0.3, 0.4) is 0 Å². The Bertz CT molecular complexity index is 414. The molecule has 1 aromatic rings. The monoisotopic (exact) mass is 220 g/mol. The Morgan fingerprint density at radius 3 is 2.23 bits per heavy atom. The molecule has 0 radical (unpaired) electrons. The van der Waals surface area contributed by atoms with Gasteiger partial charge < -0.3 is 0 Å². The van der Waals surface area contributed by atoms with E-state index in [9.17, 15) is 8.42 Å². The van der Waals surface area contributed by atoms with Crippen LogP contribution >= 0.6 is 11.6 Å². The largest absolute Gasteiger partial charge is 0.296 e. The summed E-state index contributed by atoms with van der Waals surface area (Å²) in [5.41, 5.74) is 1.31. The van der Waals surface area contributed by atoms with Gasteiger partial charge in [0.05, 0.1) is 5.02 Å². The lowest BCUT2D eigenvalue weighted by Gasteiger charge is -2.05. The molecular weight excluding hydrogens is 212 g/mol. The first-order chi connectivity index (χ1) is 5.82. The molecule has 1 rings (SSSR count). The Kier molecular flexibility index (Phi) is 2.66. The maximum absolute atomic E-state index is 10.9. The molecule has 0 aliphatic rings. The van der Waals surface area contributed by atoms with Gasteiger partial charge in [-0.15, -0.1) is 0 Å². The second-order valence-electron chi connectivity index (χ2n) is 2.87. The number of rotatable bonds is 1. The lowest BCUT2D eigenvalue weighted by molar-refractivity contribution is 0.482. The predicted molar refractivity (Wildman–Crippen MR) is 50.7 cm³/mol. The van der Waals surface area contributed by atoms with Gasteiger partial charge in [0.2, 0.25) is 0 Å². The lowest BCUT2D eigenvalue weighted by atomic mass is 10.2. The summed E-state index contributed by atoms with van der Waals surface area (Å²) in [5.74, 6) is 0. The van der Waals surface area contributed by atoms with E-state index in [0.717, 1.165) is 5.56 Å². The first-order valence-corrected chi connectivity index (χ1v) is 5.38. The van der Waals surface area contributed by atoms with Crippen LogP contribution < -0.4 is 0 Å². The van der Waals surface area contributed by atoms with Crippen molar-refractivity contribution in [1.82, 2.24) is 0 Å². The molecule has 0 fully saturated rings. The van der Waals surface area contributed by atoms with Crippen LogP contribution in [0.5, 0.6) is 0 Å². The van der Waals surface area contributed by atoms with Gasteiger partial charge in [0, 0.05) is 0 Å². The van der Waals surface area contributed by atoms with Crippen molar-refractivity contribution in [3.63, 3.8) is 0 Å². The Morgan fingerprint density at radius 1 is 1.31 bits per heavy atom. The van der Waals surface area contributed by atoms with Crippen molar-refractivity contribution in [2.45, 2.75) is 18.7 Å². The van der Waals surface area contributed by atoms with E-state index in [1.54, 1.807) is 19.9 Å². The predicted octanol–water partition coefficient (Wildman–Crippen LogP) is 2.20. The van der Waals surface area contributed by atoms with Gasteiger partial charge in [0.25, 0.3) is 10.1 Å². The molecule has 0 heterocycles. The zero-order valence-corrected chi connectivity index (χ0v) is 8.78. The molecule has 0 bridgehead atoms. The van der Waals surface area contributed by atoms with Crippen molar-refractivity contribution in [1.29, 1.82) is 0 Å². The zero-order chi connectivity index (χ0) is 10.2. The van der Waals surface area contributed by atoms with Crippen molar-refractivity contribution in [2.75, 3.05) is 0 Å². The van der Waals surface area contributed by atoms with Crippen LogP contribution in [0.25, 0.3) is 0 Å². The number of aryl methyl sites for hydroxylation is 2. The average molecular weight is 221 g/mol. The summed E-state index contributed by atoms with van der Waals surface area (Å²) in [4.78, 5) is -0.209. The van der Waals surface area contributed by atoms with Crippen LogP contribution in [0.15, 0.2) is 17.0 Å². The van der Waals surface area contributed by atoms with Gasteiger partial charge in [-0.1, -0.05) is 17.7 Å². The van der Waals surface area contributed by atoms with Gasteiger partial charge in [-0.05, 0) is 31.0 Å². The average Bonchev–Trinajstić information content (AvgIpc) is 1.78. The van der Waals surface area contributed by atoms with Crippen LogP contribution in [0.1, 0.15) is 11.1 Å². The standard InChI is InChI=1S/C8H9ClO3S/c1-5-3-6(2)8(7(9)4-5)13(10,11)12/h3-4H,1-2H3,(H,10,11,12). The number of halogens is 1. The Labute approximate surface area is 82.1 Å². The molecule has 3 nitrogen and oxygen atoms in total. The molecule has 0 spiro atoms. The molecular formula is C8H9ClO3S. The molecule has 0 aliphatic carbocycles. The van der Waals surface area contributed by atoms with Crippen molar-refractivity contribution < 1.29 is 13.0 Å². The molecule has 0 saturated heterocycles. The van der Waals surface area contributed by atoms with E-state index in [4.69, 9.17) is 16.2 Å². The van der Waals surface area contributed by atoms with E-state index >= 15 is 0 Å². The smallest absolute Gasteiger partial charge is 0.282 e. The SMILES string of the molecule is Cc1cc(C)c(S(=O)(=O)O)c(Cl)c1. The fraction of sp³-hybridized carbons (Fsp3) is 0.250. The summed E-state index contributed by atoms with van der Waals surface area (Å²) in [7, 11) is -4.21. The molecule has 0 unspecified atom stereocenters. The minimum Gasteiger partial charge on any atom is -0.282 e. The van der Waals surface area contributed by atoms with E-state index < -0.39 is 10.1 Å².